The lowest BCUT2D eigenvalue weighted by atomic mass is 10.2. The van der Waals surface area contributed by atoms with Crippen LogP contribution in [0.2, 0.25) is 0 Å². The Morgan fingerprint density at radius 1 is 1.06 bits per heavy atom. The molecule has 184 valence electrons. The van der Waals surface area contributed by atoms with Crippen LogP contribution in [0.1, 0.15) is 12.5 Å². The fourth-order valence-electron chi connectivity index (χ4n) is 3.30. The minimum absolute atomic E-state index is 0.187. The highest BCUT2D eigenvalue weighted by Crippen LogP contribution is 2.29. The number of rotatable bonds is 10. The Labute approximate surface area is 203 Å². The number of hydrogen-bond acceptors (Lipinski definition) is 7. The lowest BCUT2D eigenvalue weighted by Gasteiger charge is -2.24. The molecule has 0 atom stereocenters. The van der Waals surface area contributed by atoms with Crippen LogP contribution in [-0.2, 0) is 14.8 Å². The van der Waals surface area contributed by atoms with E-state index in [-0.39, 0.29) is 16.3 Å². The Morgan fingerprint density at radius 3 is 2.40 bits per heavy atom. The van der Waals surface area contributed by atoms with Gasteiger partial charge in [0.05, 0.1) is 29.2 Å². The normalized spacial score (nSPS) is 10.9. The van der Waals surface area contributed by atoms with Gasteiger partial charge in [-0.3, -0.25) is 19.2 Å². The summed E-state index contributed by atoms with van der Waals surface area (Å²) in [5.41, 5.74) is 0.598. The first-order chi connectivity index (χ1) is 16.6. The number of nitro groups is 1. The first kappa shape index (κ1) is 25.5. The molecule has 0 fully saturated rings. The number of sulfonamides is 1. The summed E-state index contributed by atoms with van der Waals surface area (Å²) in [7, 11) is -2.88. The highest BCUT2D eigenvalue weighted by atomic mass is 32.2. The zero-order valence-electron chi connectivity index (χ0n) is 19.4. The number of nitro benzene ring substituents is 1. The van der Waals surface area contributed by atoms with E-state index in [2.05, 4.69) is 5.32 Å². The van der Waals surface area contributed by atoms with Gasteiger partial charge in [-0.2, -0.15) is 0 Å². The summed E-state index contributed by atoms with van der Waals surface area (Å²) in [5.74, 6) is 0.436. The van der Waals surface area contributed by atoms with Crippen LogP contribution in [0.25, 0.3) is 0 Å². The third kappa shape index (κ3) is 6.07. The summed E-state index contributed by atoms with van der Waals surface area (Å²) in [6.07, 6.45) is 0. The molecule has 0 spiro atoms. The second-order valence-electron chi connectivity index (χ2n) is 7.42. The SMILES string of the molecule is CCOc1cccc(NC(=O)CN(c2ccc(OC)cc2)S(=O)(=O)c2ccc(C)c([N+](=O)[O-])c2)c1. The number of carbonyl (C=O) groups excluding carboxylic acids is 1. The van der Waals surface area contributed by atoms with Gasteiger partial charge < -0.3 is 14.8 Å². The molecule has 3 aromatic carbocycles. The molecule has 0 aromatic heterocycles. The number of aryl methyl sites for hydroxylation is 1. The lowest BCUT2D eigenvalue weighted by Crippen LogP contribution is -2.38. The van der Waals surface area contributed by atoms with Gasteiger partial charge in [0.25, 0.3) is 15.7 Å². The molecule has 35 heavy (non-hydrogen) atoms. The Bertz CT molecular complexity index is 1330. The average molecular weight is 500 g/mol. The molecule has 0 saturated heterocycles. The fraction of sp³-hybridized carbons (Fsp3) is 0.208. The fourth-order valence-corrected chi connectivity index (χ4v) is 4.74. The van der Waals surface area contributed by atoms with E-state index in [0.29, 0.717) is 29.4 Å². The first-order valence-electron chi connectivity index (χ1n) is 10.6. The number of carbonyl (C=O) groups is 1. The quantitative estimate of drug-likeness (QED) is 0.328. The summed E-state index contributed by atoms with van der Waals surface area (Å²) < 4.78 is 38.6. The van der Waals surface area contributed by atoms with Gasteiger partial charge in [-0.15, -0.1) is 0 Å². The van der Waals surface area contributed by atoms with Crippen molar-refractivity contribution in [3.63, 3.8) is 0 Å². The molecular weight excluding hydrogens is 474 g/mol. The highest BCUT2D eigenvalue weighted by molar-refractivity contribution is 7.92. The van der Waals surface area contributed by atoms with Gasteiger partial charge in [0.15, 0.2) is 0 Å². The van der Waals surface area contributed by atoms with Crippen LogP contribution in [0, 0.1) is 17.0 Å². The lowest BCUT2D eigenvalue weighted by molar-refractivity contribution is -0.385. The number of methoxy groups -OCH3 is 1. The molecule has 0 bridgehead atoms. The molecule has 3 rings (SSSR count). The van der Waals surface area contributed by atoms with Crippen LogP contribution in [0.5, 0.6) is 11.5 Å². The highest BCUT2D eigenvalue weighted by Gasteiger charge is 2.29. The van der Waals surface area contributed by atoms with Crippen LogP contribution in [-0.4, -0.2) is 39.5 Å². The van der Waals surface area contributed by atoms with E-state index in [0.717, 1.165) is 10.4 Å². The molecule has 0 saturated carbocycles. The molecule has 10 nitrogen and oxygen atoms in total. The predicted molar refractivity (Wildman–Crippen MR) is 132 cm³/mol. The Balaban J connectivity index is 1.98. The molecular formula is C24H25N3O7S. The second-order valence-corrected chi connectivity index (χ2v) is 9.29. The number of ether oxygens (including phenoxy) is 2. The number of hydrogen-bond donors (Lipinski definition) is 1. The molecule has 0 radical (unpaired) electrons. The van der Waals surface area contributed by atoms with E-state index in [4.69, 9.17) is 9.47 Å². The van der Waals surface area contributed by atoms with Crippen LogP contribution < -0.4 is 19.1 Å². The van der Waals surface area contributed by atoms with Gasteiger partial charge in [-0.25, -0.2) is 8.42 Å². The van der Waals surface area contributed by atoms with Crippen LogP contribution in [0.15, 0.2) is 71.6 Å². The Hall–Kier alpha value is -4.12. The van der Waals surface area contributed by atoms with Crippen molar-refractivity contribution in [2.24, 2.45) is 0 Å². The van der Waals surface area contributed by atoms with Gasteiger partial charge in [-0.05, 0) is 56.3 Å². The largest absolute Gasteiger partial charge is 0.497 e. The molecule has 0 heterocycles. The number of anilines is 2. The van der Waals surface area contributed by atoms with E-state index in [1.165, 1.54) is 38.3 Å². The number of benzene rings is 3. The summed E-state index contributed by atoms with van der Waals surface area (Å²) in [5, 5.41) is 14.0. The van der Waals surface area contributed by atoms with Gasteiger partial charge in [0.2, 0.25) is 5.91 Å². The van der Waals surface area contributed by atoms with E-state index in [9.17, 15) is 23.3 Å². The van der Waals surface area contributed by atoms with Gasteiger partial charge in [0, 0.05) is 23.4 Å². The van der Waals surface area contributed by atoms with Crippen molar-refractivity contribution < 1.29 is 27.6 Å². The number of nitrogens with zero attached hydrogens (tertiary/aromatic N) is 2. The summed E-state index contributed by atoms with van der Waals surface area (Å²) >= 11 is 0. The van der Waals surface area contributed by atoms with Gasteiger partial charge in [-0.1, -0.05) is 12.1 Å². The molecule has 11 heteroatoms. The van der Waals surface area contributed by atoms with E-state index >= 15 is 0 Å². The standard InChI is InChI=1S/C24H25N3O7S/c1-4-34-21-7-5-6-18(14-21)25-24(28)16-26(19-9-11-20(33-3)12-10-19)35(31,32)22-13-8-17(2)23(15-22)27(29)30/h5-15H,4,16H2,1-3H3,(H,25,28). The monoisotopic (exact) mass is 499 g/mol. The predicted octanol–water partition coefficient (Wildman–Crippen LogP) is 4.14. The number of amides is 1. The van der Waals surface area contributed by atoms with Crippen molar-refractivity contribution in [3.8, 4) is 11.5 Å². The minimum atomic E-state index is -4.35. The zero-order valence-corrected chi connectivity index (χ0v) is 20.2. The maximum absolute atomic E-state index is 13.6. The van der Waals surface area contributed by atoms with E-state index in [1.54, 1.807) is 36.4 Å². The number of nitrogens with one attached hydrogen (secondary N) is 1. The average Bonchev–Trinajstić information content (AvgIpc) is 2.83. The van der Waals surface area contributed by atoms with Gasteiger partial charge in [0.1, 0.15) is 18.0 Å². The third-order valence-corrected chi connectivity index (χ3v) is 6.81. The van der Waals surface area contributed by atoms with E-state index < -0.39 is 27.4 Å². The smallest absolute Gasteiger partial charge is 0.273 e. The van der Waals surface area contributed by atoms with Crippen molar-refractivity contribution >= 4 is 33.0 Å². The molecule has 3 aromatic rings. The second kappa shape index (κ2) is 10.9. The van der Waals surface area contributed by atoms with Crippen molar-refractivity contribution in [3.05, 3.63) is 82.4 Å². The van der Waals surface area contributed by atoms with Crippen LogP contribution in [0.3, 0.4) is 0 Å². The summed E-state index contributed by atoms with van der Waals surface area (Å²) in [6, 6.07) is 16.4. The topological polar surface area (TPSA) is 128 Å². The van der Waals surface area contributed by atoms with Gasteiger partial charge >= 0.3 is 0 Å². The molecule has 0 aliphatic rings. The summed E-state index contributed by atoms with van der Waals surface area (Å²) in [4.78, 5) is 23.3. The maximum Gasteiger partial charge on any atom is 0.273 e. The maximum atomic E-state index is 13.6. The van der Waals surface area contributed by atoms with Crippen molar-refractivity contribution in [2.45, 2.75) is 18.7 Å². The zero-order chi connectivity index (χ0) is 25.6. The Kier molecular flexibility index (Phi) is 7.92. The molecule has 0 aliphatic carbocycles. The first-order valence-corrected chi connectivity index (χ1v) is 12.0. The molecule has 0 aliphatic heterocycles. The molecule has 1 amide bonds. The molecule has 1 N–H and O–H groups in total. The summed E-state index contributed by atoms with van der Waals surface area (Å²) in [6.45, 7) is 3.22. The third-order valence-electron chi connectivity index (χ3n) is 5.04. The van der Waals surface area contributed by atoms with Crippen LogP contribution >= 0.6 is 0 Å². The van der Waals surface area contributed by atoms with Crippen molar-refractivity contribution in [2.75, 3.05) is 29.9 Å². The Morgan fingerprint density at radius 2 is 1.77 bits per heavy atom. The van der Waals surface area contributed by atoms with Crippen molar-refractivity contribution in [1.82, 2.24) is 0 Å². The van der Waals surface area contributed by atoms with Crippen LogP contribution in [0.4, 0.5) is 17.1 Å². The van der Waals surface area contributed by atoms with E-state index in [1.807, 2.05) is 6.92 Å². The minimum Gasteiger partial charge on any atom is -0.497 e. The van der Waals surface area contributed by atoms with Crippen molar-refractivity contribution in [1.29, 1.82) is 0 Å². The molecule has 0 unspecified atom stereocenters.